The summed E-state index contributed by atoms with van der Waals surface area (Å²) in [5.74, 6) is -0.262. The summed E-state index contributed by atoms with van der Waals surface area (Å²) in [7, 11) is 0. The van der Waals surface area contributed by atoms with Gasteiger partial charge in [-0.25, -0.2) is 4.39 Å². The van der Waals surface area contributed by atoms with Gasteiger partial charge in [-0.15, -0.1) is 0 Å². The van der Waals surface area contributed by atoms with Crippen LogP contribution in [0, 0.1) is 11.9 Å². The minimum absolute atomic E-state index is 0.0741. The van der Waals surface area contributed by atoms with Crippen molar-refractivity contribution in [3.63, 3.8) is 0 Å². The van der Waals surface area contributed by atoms with Crippen molar-refractivity contribution in [1.29, 1.82) is 0 Å². The fourth-order valence-electron chi connectivity index (χ4n) is 1.63. The Balaban J connectivity index is 2.93. The molecule has 0 amide bonds. The summed E-state index contributed by atoms with van der Waals surface area (Å²) >= 11 is 0. The topological polar surface area (TPSA) is 0 Å². The van der Waals surface area contributed by atoms with Gasteiger partial charge in [-0.05, 0) is 23.5 Å². The maximum absolute atomic E-state index is 12.9. The highest BCUT2D eigenvalue weighted by Crippen LogP contribution is 2.28. The molecule has 0 heterocycles. The highest BCUT2D eigenvalue weighted by molar-refractivity contribution is 5.23. The smallest absolute Gasteiger partial charge is 0.131 e. The standard InChI is InChI=1S/C12H16F/c1-4-8-12(2,3)10-6-5-7-11(13)9-10/h5-6,9H,4,8H2,1-3H3. The van der Waals surface area contributed by atoms with Gasteiger partial charge in [0.1, 0.15) is 5.82 Å². The first kappa shape index (κ1) is 10.2. The van der Waals surface area contributed by atoms with Crippen LogP contribution < -0.4 is 0 Å². The third-order valence-electron chi connectivity index (χ3n) is 2.42. The van der Waals surface area contributed by atoms with Crippen LogP contribution in [0.1, 0.15) is 39.2 Å². The van der Waals surface area contributed by atoms with Crippen molar-refractivity contribution < 1.29 is 4.39 Å². The van der Waals surface area contributed by atoms with Crippen molar-refractivity contribution >= 4 is 0 Å². The number of halogens is 1. The van der Waals surface area contributed by atoms with Gasteiger partial charge in [-0.1, -0.05) is 39.3 Å². The lowest BCUT2D eigenvalue weighted by Crippen LogP contribution is -2.16. The molecule has 0 nitrogen and oxygen atoms in total. The van der Waals surface area contributed by atoms with Gasteiger partial charge < -0.3 is 0 Å². The van der Waals surface area contributed by atoms with Gasteiger partial charge in [-0.2, -0.15) is 0 Å². The van der Waals surface area contributed by atoms with E-state index in [1.54, 1.807) is 12.1 Å². The summed E-state index contributed by atoms with van der Waals surface area (Å²) in [5, 5.41) is 0. The molecule has 1 aromatic rings. The molecule has 0 bridgehead atoms. The molecule has 1 heteroatoms. The summed E-state index contributed by atoms with van der Waals surface area (Å²) in [6.45, 7) is 6.43. The van der Waals surface area contributed by atoms with E-state index in [4.69, 9.17) is 0 Å². The molecule has 0 fully saturated rings. The Labute approximate surface area is 79.8 Å². The Bertz CT molecular complexity index is 276. The molecule has 0 saturated carbocycles. The van der Waals surface area contributed by atoms with Crippen molar-refractivity contribution in [2.24, 2.45) is 0 Å². The predicted octanol–water partition coefficient (Wildman–Crippen LogP) is 3.70. The van der Waals surface area contributed by atoms with Crippen LogP contribution in [0.2, 0.25) is 0 Å². The lowest BCUT2D eigenvalue weighted by atomic mass is 9.81. The molecule has 13 heavy (non-hydrogen) atoms. The highest BCUT2D eigenvalue weighted by atomic mass is 19.1. The minimum atomic E-state index is -0.262. The van der Waals surface area contributed by atoms with Crippen LogP contribution in [0.15, 0.2) is 18.2 Å². The van der Waals surface area contributed by atoms with Gasteiger partial charge in [-0.3, -0.25) is 0 Å². The first-order valence-corrected chi connectivity index (χ1v) is 4.74. The Morgan fingerprint density at radius 1 is 1.46 bits per heavy atom. The molecule has 71 valence electrons. The Morgan fingerprint density at radius 3 is 2.69 bits per heavy atom. The van der Waals surface area contributed by atoms with Crippen LogP contribution >= 0.6 is 0 Å². The fraction of sp³-hybridized carbons (Fsp3) is 0.500. The van der Waals surface area contributed by atoms with E-state index < -0.39 is 0 Å². The number of hydrogen-bond acceptors (Lipinski definition) is 0. The highest BCUT2D eigenvalue weighted by Gasteiger charge is 2.19. The van der Waals surface area contributed by atoms with Crippen molar-refractivity contribution in [3.05, 3.63) is 35.6 Å². The second-order valence-corrected chi connectivity index (χ2v) is 4.06. The summed E-state index contributed by atoms with van der Waals surface area (Å²) in [4.78, 5) is 0. The molecule has 0 saturated heterocycles. The molecule has 0 aliphatic heterocycles. The normalized spacial score (nSPS) is 11.7. The van der Waals surface area contributed by atoms with Crippen molar-refractivity contribution in [3.8, 4) is 0 Å². The van der Waals surface area contributed by atoms with Crippen LogP contribution in [0.25, 0.3) is 0 Å². The van der Waals surface area contributed by atoms with Crippen LogP contribution in [-0.4, -0.2) is 0 Å². The van der Waals surface area contributed by atoms with E-state index in [0.29, 0.717) is 0 Å². The SMILES string of the molecule is CCCC(C)(C)c1cc[c]c(F)c1. The summed E-state index contributed by atoms with van der Waals surface area (Å²) < 4.78 is 12.9. The molecular weight excluding hydrogens is 163 g/mol. The van der Waals surface area contributed by atoms with Gasteiger partial charge in [0.05, 0.1) is 0 Å². The zero-order chi connectivity index (χ0) is 9.90. The molecule has 1 radical (unpaired) electrons. The lowest BCUT2D eigenvalue weighted by molar-refractivity contribution is 0.469. The maximum Gasteiger partial charge on any atom is 0.131 e. The number of hydrogen-bond donors (Lipinski definition) is 0. The minimum Gasteiger partial charge on any atom is -0.206 e. The van der Waals surface area contributed by atoms with Crippen LogP contribution in [0.3, 0.4) is 0 Å². The van der Waals surface area contributed by atoms with Gasteiger partial charge in [0.25, 0.3) is 0 Å². The largest absolute Gasteiger partial charge is 0.206 e. The van der Waals surface area contributed by atoms with Crippen molar-refractivity contribution in [2.75, 3.05) is 0 Å². The van der Waals surface area contributed by atoms with E-state index in [2.05, 4.69) is 26.8 Å². The van der Waals surface area contributed by atoms with E-state index in [-0.39, 0.29) is 11.2 Å². The zero-order valence-corrected chi connectivity index (χ0v) is 8.52. The van der Waals surface area contributed by atoms with Crippen molar-refractivity contribution in [1.82, 2.24) is 0 Å². The molecule has 0 N–H and O–H groups in total. The average Bonchev–Trinajstić information content (AvgIpc) is 2.04. The first-order chi connectivity index (χ1) is 6.06. The molecule has 1 aromatic carbocycles. The van der Waals surface area contributed by atoms with E-state index in [9.17, 15) is 4.39 Å². The monoisotopic (exact) mass is 179 g/mol. The molecule has 0 aromatic heterocycles. The molecular formula is C12H16F. The fourth-order valence-corrected chi connectivity index (χ4v) is 1.63. The second kappa shape index (κ2) is 3.91. The predicted molar refractivity (Wildman–Crippen MR) is 53.2 cm³/mol. The van der Waals surface area contributed by atoms with E-state index in [1.165, 1.54) is 0 Å². The van der Waals surface area contributed by atoms with E-state index in [0.717, 1.165) is 18.4 Å². The lowest BCUT2D eigenvalue weighted by Gasteiger charge is -2.24. The quantitative estimate of drug-likeness (QED) is 0.663. The summed E-state index contributed by atoms with van der Waals surface area (Å²) in [6.07, 6.45) is 2.20. The van der Waals surface area contributed by atoms with Crippen LogP contribution in [0.4, 0.5) is 4.39 Å². The van der Waals surface area contributed by atoms with Gasteiger partial charge in [0, 0.05) is 6.07 Å². The number of rotatable bonds is 3. The second-order valence-electron chi connectivity index (χ2n) is 4.06. The van der Waals surface area contributed by atoms with Gasteiger partial charge in [0.2, 0.25) is 0 Å². The van der Waals surface area contributed by atoms with E-state index >= 15 is 0 Å². The van der Waals surface area contributed by atoms with Gasteiger partial charge >= 0.3 is 0 Å². The summed E-state index contributed by atoms with van der Waals surface area (Å²) in [5.41, 5.74) is 1.13. The van der Waals surface area contributed by atoms with Crippen LogP contribution in [-0.2, 0) is 5.41 Å². The third-order valence-corrected chi connectivity index (χ3v) is 2.42. The maximum atomic E-state index is 12.9. The molecule has 0 aliphatic rings. The van der Waals surface area contributed by atoms with Crippen LogP contribution in [0.5, 0.6) is 0 Å². The van der Waals surface area contributed by atoms with E-state index in [1.807, 2.05) is 6.07 Å². The molecule has 1 rings (SSSR count). The first-order valence-electron chi connectivity index (χ1n) is 4.74. The third kappa shape index (κ3) is 2.55. The average molecular weight is 179 g/mol. The molecule has 0 unspecified atom stereocenters. The molecule has 0 aliphatic carbocycles. The molecule has 0 atom stereocenters. The Morgan fingerprint density at radius 2 is 2.15 bits per heavy atom. The van der Waals surface area contributed by atoms with Gasteiger partial charge in [0.15, 0.2) is 0 Å². The van der Waals surface area contributed by atoms with Crippen molar-refractivity contribution in [2.45, 2.75) is 39.0 Å². The number of benzene rings is 1. The molecule has 0 spiro atoms. The zero-order valence-electron chi connectivity index (χ0n) is 8.52. The Kier molecular flexibility index (Phi) is 3.07. The summed E-state index contributed by atoms with van der Waals surface area (Å²) in [6, 6.07) is 7.70. The Hall–Kier alpha value is -0.850.